The predicted molar refractivity (Wildman–Crippen MR) is 224 cm³/mol. The minimum Gasteiger partial charge on any atom is -0.489 e. The van der Waals surface area contributed by atoms with Crippen LogP contribution in [0.1, 0.15) is 101 Å². The lowest BCUT2D eigenvalue weighted by Gasteiger charge is -2.32. The van der Waals surface area contributed by atoms with Crippen molar-refractivity contribution in [2.75, 3.05) is 13.2 Å². The van der Waals surface area contributed by atoms with Gasteiger partial charge in [-0.25, -0.2) is 0 Å². The second-order valence-electron chi connectivity index (χ2n) is 12.2. The van der Waals surface area contributed by atoms with E-state index in [9.17, 15) is 0 Å². The molecule has 0 saturated carbocycles. The van der Waals surface area contributed by atoms with E-state index < -0.39 is 0 Å². The largest absolute Gasteiger partial charge is 0.489 e. The molecule has 0 aromatic carbocycles. The first-order chi connectivity index (χ1) is 24.1. The zero-order valence-electron chi connectivity index (χ0n) is 28.2. The Balaban J connectivity index is 1.39. The maximum Gasteiger partial charge on any atom is 0.188 e. The number of hydrogen-bond acceptors (Lipinski definition) is 9. The summed E-state index contributed by atoms with van der Waals surface area (Å²) in [6.45, 7) is 5.88. The van der Waals surface area contributed by atoms with Gasteiger partial charge >= 0.3 is 0 Å². The summed E-state index contributed by atoms with van der Waals surface area (Å²) in [6, 6.07) is 17.6. The zero-order valence-corrected chi connectivity index (χ0v) is 35.4. The molecular weight excluding hydrogens is 837 g/mol. The number of unbranched alkanes of at least 4 members (excludes halogenated alkanes) is 10. The van der Waals surface area contributed by atoms with Crippen LogP contribution in [0.25, 0.3) is 30.8 Å². The van der Waals surface area contributed by atoms with Gasteiger partial charge in [-0.2, -0.15) is 0 Å². The predicted octanol–water partition coefficient (Wildman–Crippen LogP) is 14.9. The Morgan fingerprint density at radius 2 is 1.02 bits per heavy atom. The molecule has 49 heavy (non-hydrogen) atoms. The Kier molecular flexibility index (Phi) is 14.3. The molecule has 11 heteroatoms. The summed E-state index contributed by atoms with van der Waals surface area (Å²) in [6.07, 6.45) is 16.8. The SMILES string of the molecule is CCCCCCCCOC1=C(c2ccc(-c3ccc(Br)s3)s2)C2=CNSN2C(c2ccc(-c3ccc(Br)s3)s2)=C1OCCCCCCCC. The second-order valence-corrected chi connectivity index (χ2v) is 20.1. The summed E-state index contributed by atoms with van der Waals surface area (Å²) in [5.74, 6) is 1.73. The van der Waals surface area contributed by atoms with Crippen LogP contribution in [-0.4, -0.2) is 17.5 Å². The van der Waals surface area contributed by atoms with Crippen LogP contribution in [0.15, 0.2) is 79.5 Å². The van der Waals surface area contributed by atoms with Gasteiger partial charge in [-0.1, -0.05) is 78.1 Å². The van der Waals surface area contributed by atoms with Crippen molar-refractivity contribution in [1.82, 2.24) is 9.03 Å². The minimum absolute atomic E-state index is 0.669. The third-order valence-electron chi connectivity index (χ3n) is 8.48. The van der Waals surface area contributed by atoms with Gasteiger partial charge in [-0.15, -0.1) is 45.3 Å². The average molecular weight is 881 g/mol. The molecule has 2 aliphatic rings. The number of thiophene rings is 4. The number of halogens is 2. The van der Waals surface area contributed by atoms with Gasteiger partial charge in [-0.3, -0.25) is 4.31 Å². The Morgan fingerprint density at radius 3 is 1.59 bits per heavy atom. The molecule has 0 spiro atoms. The lowest BCUT2D eigenvalue weighted by atomic mass is 10.0. The normalized spacial score (nSPS) is 14.4. The standard InChI is InChI=1S/C38H44Br2N2O2S5/c1-3-5-7-9-11-13-23-43-37-35(31-17-15-27(45-31)29-19-21-33(39)47-29)26-25-41-49-42(26)36(38(37)44-24-14-12-10-8-6-4-2)32-18-16-28(46-32)30-20-22-34(40)48-30/h15-22,25,41H,3-14,23-24H2,1-2H3. The van der Waals surface area contributed by atoms with Crippen LogP contribution in [0.3, 0.4) is 0 Å². The molecule has 6 heterocycles. The monoisotopic (exact) mass is 878 g/mol. The van der Waals surface area contributed by atoms with Crippen LogP contribution in [-0.2, 0) is 9.47 Å². The molecule has 4 nitrogen and oxygen atoms in total. The molecule has 4 aromatic rings. The first-order valence-electron chi connectivity index (χ1n) is 17.5. The smallest absolute Gasteiger partial charge is 0.188 e. The number of fused-ring (bicyclic) bond motifs is 1. The maximum atomic E-state index is 6.95. The van der Waals surface area contributed by atoms with E-state index in [1.165, 1.54) is 93.5 Å². The highest BCUT2D eigenvalue weighted by molar-refractivity contribution is 9.11. The van der Waals surface area contributed by atoms with Crippen LogP contribution >= 0.6 is 89.3 Å². The summed E-state index contributed by atoms with van der Waals surface area (Å²) >= 11 is 16.1. The molecule has 1 N–H and O–H groups in total. The van der Waals surface area contributed by atoms with Crippen molar-refractivity contribution in [2.45, 2.75) is 90.9 Å². The van der Waals surface area contributed by atoms with Gasteiger partial charge in [0.25, 0.3) is 0 Å². The number of allylic oxidation sites excluding steroid dienone is 1. The second kappa shape index (κ2) is 18.9. The summed E-state index contributed by atoms with van der Waals surface area (Å²) in [5, 5.41) is 0. The molecule has 0 aliphatic carbocycles. The van der Waals surface area contributed by atoms with Gasteiger partial charge in [0.05, 0.1) is 49.1 Å². The summed E-state index contributed by atoms with van der Waals surface area (Å²) in [4.78, 5) is 7.40. The summed E-state index contributed by atoms with van der Waals surface area (Å²) in [5.41, 5.74) is 3.29. The molecule has 0 atom stereocenters. The molecule has 2 aliphatic heterocycles. The van der Waals surface area contributed by atoms with Crippen molar-refractivity contribution in [3.05, 3.63) is 89.3 Å². The molecule has 0 bridgehead atoms. The van der Waals surface area contributed by atoms with Crippen molar-refractivity contribution >= 4 is 101 Å². The number of hydrogen-bond donors (Lipinski definition) is 1. The van der Waals surface area contributed by atoms with E-state index in [1.807, 2.05) is 22.7 Å². The van der Waals surface area contributed by atoms with Crippen LogP contribution in [0.2, 0.25) is 0 Å². The number of nitrogens with zero attached hydrogens (tertiary/aromatic N) is 1. The zero-order chi connectivity index (χ0) is 34.0. The molecule has 4 aromatic heterocycles. The summed E-state index contributed by atoms with van der Waals surface area (Å²) < 4.78 is 22.0. The van der Waals surface area contributed by atoms with Crippen LogP contribution in [0.5, 0.6) is 0 Å². The van der Waals surface area contributed by atoms with Gasteiger partial charge < -0.3 is 14.2 Å². The van der Waals surface area contributed by atoms with E-state index in [2.05, 4.69) is 109 Å². The van der Waals surface area contributed by atoms with E-state index in [4.69, 9.17) is 9.47 Å². The highest BCUT2D eigenvalue weighted by Gasteiger charge is 2.39. The van der Waals surface area contributed by atoms with Crippen molar-refractivity contribution in [3.8, 4) is 19.5 Å². The lowest BCUT2D eigenvalue weighted by molar-refractivity contribution is 0.145. The van der Waals surface area contributed by atoms with Gasteiger partial charge in [0.1, 0.15) is 5.70 Å². The highest BCUT2D eigenvalue weighted by Crippen LogP contribution is 2.52. The fourth-order valence-electron chi connectivity index (χ4n) is 5.94. The van der Waals surface area contributed by atoms with Gasteiger partial charge in [0, 0.05) is 30.6 Å². The number of nitrogens with one attached hydrogen (secondary N) is 1. The molecule has 6 rings (SSSR count). The van der Waals surface area contributed by atoms with Gasteiger partial charge in [0.2, 0.25) is 0 Å². The molecule has 0 radical (unpaired) electrons. The Bertz CT molecular complexity index is 1760. The Morgan fingerprint density at radius 1 is 0.551 bits per heavy atom. The molecule has 0 unspecified atom stereocenters. The van der Waals surface area contributed by atoms with Crippen molar-refractivity contribution in [1.29, 1.82) is 0 Å². The number of rotatable bonds is 20. The highest BCUT2D eigenvalue weighted by atomic mass is 79.9. The Labute approximate surface area is 329 Å². The van der Waals surface area contributed by atoms with Crippen LogP contribution in [0.4, 0.5) is 0 Å². The Hall–Kier alpha value is -1.47. The van der Waals surface area contributed by atoms with Crippen LogP contribution < -0.4 is 4.72 Å². The molecule has 0 amide bonds. The van der Waals surface area contributed by atoms with Gasteiger partial charge in [-0.05, 0) is 93.2 Å². The molecule has 262 valence electrons. The maximum absolute atomic E-state index is 6.95. The third kappa shape index (κ3) is 9.50. The van der Waals surface area contributed by atoms with Crippen molar-refractivity contribution in [2.24, 2.45) is 0 Å². The van der Waals surface area contributed by atoms with Crippen molar-refractivity contribution < 1.29 is 9.47 Å². The topological polar surface area (TPSA) is 33.7 Å². The van der Waals surface area contributed by atoms with E-state index >= 15 is 0 Å². The molecular formula is C38H44Br2N2O2S5. The molecule has 0 saturated heterocycles. The van der Waals surface area contributed by atoms with Gasteiger partial charge in [0.15, 0.2) is 11.5 Å². The third-order valence-corrected chi connectivity index (χ3v) is 15.1. The number of ether oxygens (including phenoxy) is 2. The quantitative estimate of drug-likeness (QED) is 0.0707. The lowest BCUT2D eigenvalue weighted by Crippen LogP contribution is -2.23. The fraction of sp³-hybridized carbons (Fsp3) is 0.421. The first kappa shape index (κ1) is 37.3. The minimum atomic E-state index is 0.669. The fourth-order valence-corrected chi connectivity index (χ4v) is 11.8. The van der Waals surface area contributed by atoms with Crippen molar-refractivity contribution in [3.63, 3.8) is 0 Å². The van der Waals surface area contributed by atoms with Crippen LogP contribution in [0, 0.1) is 0 Å². The average Bonchev–Trinajstić information content (AvgIpc) is 3.95. The van der Waals surface area contributed by atoms with E-state index in [-0.39, 0.29) is 0 Å². The van der Waals surface area contributed by atoms with E-state index in [0.717, 1.165) is 48.9 Å². The first-order valence-corrected chi connectivity index (χ1v) is 23.1. The van der Waals surface area contributed by atoms with E-state index in [0.29, 0.717) is 13.2 Å². The molecule has 0 fully saturated rings. The van der Waals surface area contributed by atoms with E-state index in [1.54, 1.807) is 34.8 Å². The summed E-state index contributed by atoms with van der Waals surface area (Å²) in [7, 11) is 0.